The predicted molar refractivity (Wildman–Crippen MR) is 157 cm³/mol. The lowest BCUT2D eigenvalue weighted by Gasteiger charge is -2.35. The van der Waals surface area contributed by atoms with E-state index in [9.17, 15) is 9.59 Å². The summed E-state index contributed by atoms with van der Waals surface area (Å²) in [6, 6.07) is 11.4. The fourth-order valence-corrected chi connectivity index (χ4v) is 6.43. The molecule has 0 aliphatic carbocycles. The molecule has 0 radical (unpaired) electrons. The van der Waals surface area contributed by atoms with Crippen molar-refractivity contribution < 1.29 is 28.5 Å². The Morgan fingerprint density at radius 2 is 1.41 bits per heavy atom. The molecule has 2 aromatic carbocycles. The molecule has 5 rings (SSSR count). The second-order valence-electron chi connectivity index (χ2n) is 10.00. The lowest BCUT2D eigenvalue weighted by molar-refractivity contribution is 0.0708. The molecule has 218 valence electrons. The van der Waals surface area contributed by atoms with Crippen LogP contribution in [0.5, 0.6) is 23.0 Å². The summed E-state index contributed by atoms with van der Waals surface area (Å²) in [6.45, 7) is 4.03. The van der Waals surface area contributed by atoms with Crippen molar-refractivity contribution in [3.8, 4) is 23.0 Å². The molecule has 0 bridgehead atoms. The number of nitrogens with zero attached hydrogens (tertiary/aromatic N) is 4. The maximum atomic E-state index is 13.4. The number of methoxy groups -OCH3 is 4. The van der Waals surface area contributed by atoms with E-state index in [0.717, 1.165) is 42.4 Å². The number of piperazine rings is 1. The van der Waals surface area contributed by atoms with Crippen LogP contribution in [0.4, 0.5) is 5.69 Å². The maximum Gasteiger partial charge on any atom is 0.273 e. The summed E-state index contributed by atoms with van der Waals surface area (Å²) < 4.78 is 21.6. The summed E-state index contributed by atoms with van der Waals surface area (Å²) in [5, 5.41) is 2.83. The number of hydrogen-bond donors (Lipinski definition) is 0. The number of anilines is 1. The first-order chi connectivity index (χ1) is 20.0. The van der Waals surface area contributed by atoms with Crippen molar-refractivity contribution in [2.45, 2.75) is 18.8 Å². The summed E-state index contributed by atoms with van der Waals surface area (Å²) >= 11 is 1.54. The highest BCUT2D eigenvalue weighted by molar-refractivity contribution is 7.09. The maximum absolute atomic E-state index is 13.4. The largest absolute Gasteiger partial charge is 0.497 e. The van der Waals surface area contributed by atoms with Gasteiger partial charge in [0.25, 0.3) is 11.8 Å². The van der Waals surface area contributed by atoms with E-state index in [1.807, 2.05) is 39.4 Å². The van der Waals surface area contributed by atoms with E-state index in [-0.39, 0.29) is 17.7 Å². The second kappa shape index (κ2) is 12.7. The summed E-state index contributed by atoms with van der Waals surface area (Å²) in [6.07, 6.45) is 1.56. The molecule has 0 saturated carbocycles. The average molecular weight is 581 g/mol. The zero-order chi connectivity index (χ0) is 28.9. The van der Waals surface area contributed by atoms with Gasteiger partial charge in [0.1, 0.15) is 11.4 Å². The van der Waals surface area contributed by atoms with Gasteiger partial charge < -0.3 is 33.6 Å². The smallest absolute Gasteiger partial charge is 0.273 e. The molecule has 0 atom stereocenters. The van der Waals surface area contributed by atoms with Crippen molar-refractivity contribution in [3.63, 3.8) is 0 Å². The van der Waals surface area contributed by atoms with Crippen LogP contribution in [-0.4, -0.2) is 94.3 Å². The zero-order valence-electron chi connectivity index (χ0n) is 23.9. The Labute approximate surface area is 244 Å². The Kier molecular flexibility index (Phi) is 8.82. The van der Waals surface area contributed by atoms with Crippen LogP contribution in [0.2, 0.25) is 0 Å². The first kappa shape index (κ1) is 28.5. The summed E-state index contributed by atoms with van der Waals surface area (Å²) in [5.41, 5.74) is 2.08. The lowest BCUT2D eigenvalue weighted by atomic mass is 9.96. The van der Waals surface area contributed by atoms with Gasteiger partial charge >= 0.3 is 0 Å². The van der Waals surface area contributed by atoms with E-state index >= 15 is 0 Å². The number of amides is 2. The van der Waals surface area contributed by atoms with Gasteiger partial charge in [0.05, 0.1) is 39.0 Å². The Hall–Kier alpha value is -3.99. The summed E-state index contributed by atoms with van der Waals surface area (Å²) in [5.74, 6) is 2.19. The van der Waals surface area contributed by atoms with E-state index in [4.69, 9.17) is 23.9 Å². The number of rotatable bonds is 8. The van der Waals surface area contributed by atoms with Crippen LogP contribution in [0.15, 0.2) is 41.8 Å². The minimum atomic E-state index is -0.106. The van der Waals surface area contributed by atoms with Gasteiger partial charge in [0.15, 0.2) is 11.5 Å². The topological polar surface area (TPSA) is 93.7 Å². The molecular formula is C30H36N4O6S. The van der Waals surface area contributed by atoms with Crippen molar-refractivity contribution >= 4 is 28.8 Å². The lowest BCUT2D eigenvalue weighted by Crippen LogP contribution is -2.48. The monoisotopic (exact) mass is 580 g/mol. The molecule has 0 unspecified atom stereocenters. The Balaban J connectivity index is 1.16. The van der Waals surface area contributed by atoms with Gasteiger partial charge in [0.2, 0.25) is 5.75 Å². The molecule has 1 aromatic heterocycles. The average Bonchev–Trinajstić information content (AvgIpc) is 3.54. The summed E-state index contributed by atoms with van der Waals surface area (Å²) in [4.78, 5) is 37.4. The Morgan fingerprint density at radius 3 is 2.02 bits per heavy atom. The van der Waals surface area contributed by atoms with Gasteiger partial charge in [-0.2, -0.15) is 0 Å². The van der Waals surface area contributed by atoms with Gasteiger partial charge in [-0.1, -0.05) is 0 Å². The fraction of sp³-hybridized carbons (Fsp3) is 0.433. The Morgan fingerprint density at radius 1 is 0.756 bits per heavy atom. The molecule has 41 heavy (non-hydrogen) atoms. The van der Waals surface area contributed by atoms with Crippen LogP contribution in [-0.2, 0) is 0 Å². The number of benzene rings is 2. The van der Waals surface area contributed by atoms with Crippen molar-refractivity contribution in [2.75, 3.05) is 72.6 Å². The third kappa shape index (κ3) is 5.90. The molecule has 2 fully saturated rings. The van der Waals surface area contributed by atoms with Crippen molar-refractivity contribution in [3.05, 3.63) is 58.0 Å². The number of ether oxygens (including phenoxy) is 4. The van der Waals surface area contributed by atoms with E-state index in [2.05, 4.69) is 4.90 Å². The standard InChI is InChI=1S/C30H36N4O6S/c1-37-22-7-5-21(6-8-22)32-15-17-34(18-16-32)30(36)24-19-41-28(31-24)20-11-13-33(14-12-20)29(35)23-9-10-25(38-2)27(40-4)26(23)39-3/h5-10,19-20H,11-18H2,1-4H3. The van der Waals surface area contributed by atoms with E-state index in [1.54, 1.807) is 26.4 Å². The van der Waals surface area contributed by atoms with Gasteiger partial charge in [-0.05, 0) is 49.2 Å². The minimum Gasteiger partial charge on any atom is -0.497 e. The highest BCUT2D eigenvalue weighted by Crippen LogP contribution is 2.41. The van der Waals surface area contributed by atoms with Crippen LogP contribution in [0.1, 0.15) is 44.6 Å². The van der Waals surface area contributed by atoms with Crippen LogP contribution in [0.3, 0.4) is 0 Å². The van der Waals surface area contributed by atoms with Crippen molar-refractivity contribution in [1.82, 2.24) is 14.8 Å². The van der Waals surface area contributed by atoms with Crippen molar-refractivity contribution in [1.29, 1.82) is 0 Å². The SMILES string of the molecule is COc1ccc(N2CCN(C(=O)c3csc(C4CCN(C(=O)c5ccc(OC)c(OC)c5OC)CC4)n3)CC2)cc1. The Bertz CT molecular complexity index is 1360. The zero-order valence-corrected chi connectivity index (χ0v) is 24.7. The normalized spacial score (nSPS) is 16.0. The van der Waals surface area contributed by atoms with Gasteiger partial charge in [0, 0.05) is 56.3 Å². The van der Waals surface area contributed by atoms with Crippen LogP contribution in [0, 0.1) is 0 Å². The van der Waals surface area contributed by atoms with Gasteiger partial charge in [-0.25, -0.2) is 4.98 Å². The molecule has 11 heteroatoms. The van der Waals surface area contributed by atoms with E-state index in [0.29, 0.717) is 54.7 Å². The van der Waals surface area contributed by atoms with E-state index in [1.165, 1.54) is 25.6 Å². The number of carbonyl (C=O) groups excluding carboxylic acids is 2. The quantitative estimate of drug-likeness (QED) is 0.392. The molecule has 3 heterocycles. The number of carbonyl (C=O) groups is 2. The number of aromatic nitrogens is 1. The third-order valence-electron chi connectivity index (χ3n) is 7.81. The molecule has 3 aromatic rings. The minimum absolute atomic E-state index is 0.0185. The molecule has 2 saturated heterocycles. The highest BCUT2D eigenvalue weighted by atomic mass is 32.1. The molecule has 2 aliphatic rings. The molecule has 0 spiro atoms. The van der Waals surface area contributed by atoms with Gasteiger partial charge in [-0.3, -0.25) is 9.59 Å². The van der Waals surface area contributed by atoms with Gasteiger partial charge in [-0.15, -0.1) is 11.3 Å². The number of likely N-dealkylation sites (tertiary alicyclic amines) is 1. The highest BCUT2D eigenvalue weighted by Gasteiger charge is 2.31. The van der Waals surface area contributed by atoms with Crippen molar-refractivity contribution in [2.24, 2.45) is 0 Å². The fourth-order valence-electron chi connectivity index (χ4n) is 5.47. The molecule has 2 amide bonds. The van der Waals surface area contributed by atoms with Crippen LogP contribution in [0.25, 0.3) is 0 Å². The van der Waals surface area contributed by atoms with Crippen LogP contribution < -0.4 is 23.8 Å². The third-order valence-corrected chi connectivity index (χ3v) is 8.82. The summed E-state index contributed by atoms with van der Waals surface area (Å²) in [7, 11) is 6.25. The molecule has 10 nitrogen and oxygen atoms in total. The first-order valence-electron chi connectivity index (χ1n) is 13.7. The number of thiazole rings is 1. The number of hydrogen-bond acceptors (Lipinski definition) is 9. The van der Waals surface area contributed by atoms with Crippen LogP contribution >= 0.6 is 11.3 Å². The molecular weight excluding hydrogens is 544 g/mol. The second-order valence-corrected chi connectivity index (χ2v) is 10.9. The first-order valence-corrected chi connectivity index (χ1v) is 14.6. The molecule has 0 N–H and O–H groups in total. The predicted octanol–water partition coefficient (Wildman–Crippen LogP) is 4.16. The molecule has 2 aliphatic heterocycles. The number of piperidine rings is 1. The van der Waals surface area contributed by atoms with E-state index < -0.39 is 0 Å².